The van der Waals surface area contributed by atoms with Gasteiger partial charge in [0.25, 0.3) is 0 Å². The van der Waals surface area contributed by atoms with Crippen LogP contribution in [0.15, 0.2) is 19.5 Å². The van der Waals surface area contributed by atoms with Gasteiger partial charge in [0.2, 0.25) is 10.0 Å². The molecule has 0 aliphatic carbocycles. The molecule has 2 rings (SSSR count). The number of aromatic amines is 1. The third-order valence-electron chi connectivity index (χ3n) is 2.78. The number of hydrogen-bond acceptors (Lipinski definition) is 6. The number of nitrogens with one attached hydrogen (secondary N) is 2. The maximum absolute atomic E-state index is 12.3. The third kappa shape index (κ3) is 2.85. The second kappa shape index (κ2) is 5.52. The first-order valence-electron chi connectivity index (χ1n) is 5.71. The molecule has 0 aliphatic rings. The summed E-state index contributed by atoms with van der Waals surface area (Å²) in [7, 11) is -3.82. The van der Waals surface area contributed by atoms with E-state index in [0.717, 1.165) is 11.3 Å². The lowest BCUT2D eigenvalue weighted by molar-refractivity contribution is 0.276. The van der Waals surface area contributed by atoms with Crippen LogP contribution in [-0.4, -0.2) is 18.5 Å². The van der Waals surface area contributed by atoms with Crippen LogP contribution in [0.5, 0.6) is 0 Å². The van der Waals surface area contributed by atoms with E-state index < -0.39 is 16.6 Å². The normalized spacial score (nSPS) is 11.9. The standard InChI is InChI=1S/C11H14N2O5S2/c1-6-9(4-14)10(7(2)18-6)20(16,17)12-3-8-5-19-11(15)13-8/h5,12,14H,3-4H2,1-2H3,(H,13,15). The van der Waals surface area contributed by atoms with E-state index in [1.54, 1.807) is 12.3 Å². The van der Waals surface area contributed by atoms with Crippen molar-refractivity contribution in [3.05, 3.63) is 37.8 Å². The van der Waals surface area contributed by atoms with Gasteiger partial charge >= 0.3 is 4.87 Å². The summed E-state index contributed by atoms with van der Waals surface area (Å²) in [5.74, 6) is 0.590. The van der Waals surface area contributed by atoms with Gasteiger partial charge in [0, 0.05) is 16.6 Å². The summed E-state index contributed by atoms with van der Waals surface area (Å²) in [5.41, 5.74) is 0.723. The number of aliphatic hydroxyl groups is 1. The zero-order valence-corrected chi connectivity index (χ0v) is 12.5. The van der Waals surface area contributed by atoms with Crippen molar-refractivity contribution in [2.24, 2.45) is 0 Å². The van der Waals surface area contributed by atoms with Gasteiger partial charge in [0.05, 0.1) is 13.2 Å². The van der Waals surface area contributed by atoms with Crippen molar-refractivity contribution in [3.8, 4) is 0 Å². The number of furan rings is 1. The maximum atomic E-state index is 12.3. The van der Waals surface area contributed by atoms with Crippen molar-refractivity contribution in [2.75, 3.05) is 0 Å². The molecule has 0 saturated carbocycles. The van der Waals surface area contributed by atoms with Gasteiger partial charge < -0.3 is 14.5 Å². The Morgan fingerprint density at radius 1 is 1.40 bits per heavy atom. The first kappa shape index (κ1) is 15.0. The number of hydrogen-bond donors (Lipinski definition) is 3. The molecule has 0 atom stereocenters. The molecule has 20 heavy (non-hydrogen) atoms. The van der Waals surface area contributed by atoms with E-state index in [9.17, 15) is 18.3 Å². The van der Waals surface area contributed by atoms with Crippen LogP contribution in [-0.2, 0) is 23.2 Å². The average molecular weight is 318 g/mol. The highest BCUT2D eigenvalue weighted by Gasteiger charge is 2.26. The fraction of sp³-hybridized carbons (Fsp3) is 0.364. The Morgan fingerprint density at radius 2 is 2.10 bits per heavy atom. The predicted molar refractivity (Wildman–Crippen MR) is 73.1 cm³/mol. The van der Waals surface area contributed by atoms with Crippen LogP contribution in [0.2, 0.25) is 0 Å². The van der Waals surface area contributed by atoms with Gasteiger partial charge in [-0.2, -0.15) is 0 Å². The summed E-state index contributed by atoms with van der Waals surface area (Å²) in [6.45, 7) is 2.66. The number of aliphatic hydroxyl groups excluding tert-OH is 1. The van der Waals surface area contributed by atoms with E-state index >= 15 is 0 Å². The lowest BCUT2D eigenvalue weighted by Gasteiger charge is -2.06. The highest BCUT2D eigenvalue weighted by molar-refractivity contribution is 7.89. The van der Waals surface area contributed by atoms with Crippen LogP contribution in [0.1, 0.15) is 22.8 Å². The minimum atomic E-state index is -3.82. The summed E-state index contributed by atoms with van der Waals surface area (Å²) < 4.78 is 32.1. The van der Waals surface area contributed by atoms with Crippen molar-refractivity contribution in [3.63, 3.8) is 0 Å². The van der Waals surface area contributed by atoms with Gasteiger partial charge in [-0.15, -0.1) is 0 Å². The van der Waals surface area contributed by atoms with Crippen LogP contribution in [0.25, 0.3) is 0 Å². The largest absolute Gasteiger partial charge is 0.465 e. The van der Waals surface area contributed by atoms with E-state index in [2.05, 4.69) is 9.71 Å². The molecule has 9 heteroatoms. The monoisotopic (exact) mass is 318 g/mol. The molecule has 0 aliphatic heterocycles. The molecule has 0 aromatic carbocycles. The average Bonchev–Trinajstić information content (AvgIpc) is 2.90. The summed E-state index contributed by atoms with van der Waals surface area (Å²) in [5, 5.41) is 10.8. The van der Waals surface area contributed by atoms with Crippen LogP contribution in [0.4, 0.5) is 0 Å². The second-order valence-electron chi connectivity index (χ2n) is 4.18. The molecule has 3 N–H and O–H groups in total. The molecule has 0 bridgehead atoms. The van der Waals surface area contributed by atoms with E-state index in [0.29, 0.717) is 11.5 Å². The molecule has 0 radical (unpaired) electrons. The molecule has 2 heterocycles. The topological polar surface area (TPSA) is 112 Å². The number of H-pyrrole nitrogens is 1. The molecule has 0 unspecified atom stereocenters. The molecule has 0 saturated heterocycles. The maximum Gasteiger partial charge on any atom is 0.304 e. The van der Waals surface area contributed by atoms with Crippen LogP contribution < -0.4 is 9.60 Å². The Balaban J connectivity index is 2.29. The SMILES string of the molecule is Cc1oc(C)c(S(=O)(=O)NCc2csc(=O)[nH]2)c1CO. The minimum Gasteiger partial charge on any atom is -0.465 e. The molecular formula is C11H14N2O5S2. The molecule has 110 valence electrons. The van der Waals surface area contributed by atoms with Gasteiger partial charge in [-0.05, 0) is 13.8 Å². The van der Waals surface area contributed by atoms with Gasteiger partial charge in [0.15, 0.2) is 0 Å². The highest BCUT2D eigenvalue weighted by atomic mass is 32.2. The fourth-order valence-electron chi connectivity index (χ4n) is 1.89. The Bertz CT molecular complexity index is 769. The predicted octanol–water partition coefficient (Wildman–Crippen LogP) is 0.617. The second-order valence-corrected chi connectivity index (χ2v) is 6.72. The van der Waals surface area contributed by atoms with E-state index in [1.165, 1.54) is 6.92 Å². The Morgan fingerprint density at radius 3 is 2.65 bits per heavy atom. The molecule has 2 aromatic rings. The minimum absolute atomic E-state index is 0.0321. The lowest BCUT2D eigenvalue weighted by atomic mass is 10.2. The van der Waals surface area contributed by atoms with Crippen molar-refractivity contribution in [2.45, 2.75) is 31.9 Å². The fourth-order valence-corrected chi connectivity index (χ4v) is 3.91. The van der Waals surface area contributed by atoms with Crippen LogP contribution >= 0.6 is 11.3 Å². The quantitative estimate of drug-likeness (QED) is 0.748. The van der Waals surface area contributed by atoms with Crippen molar-refractivity contribution < 1.29 is 17.9 Å². The first-order chi connectivity index (χ1) is 9.35. The number of aryl methyl sites for hydroxylation is 2. The van der Waals surface area contributed by atoms with Gasteiger partial charge in [-0.25, -0.2) is 13.1 Å². The summed E-state index contributed by atoms with van der Waals surface area (Å²) >= 11 is 0.961. The summed E-state index contributed by atoms with van der Waals surface area (Å²) in [6, 6.07) is 0. The molecule has 0 amide bonds. The highest BCUT2D eigenvalue weighted by Crippen LogP contribution is 2.26. The molecule has 2 aromatic heterocycles. The Kier molecular flexibility index (Phi) is 4.14. The number of rotatable bonds is 5. The Labute approximate surface area is 119 Å². The number of aromatic nitrogens is 1. The van der Waals surface area contributed by atoms with Gasteiger partial charge in [-0.3, -0.25) is 4.79 Å². The van der Waals surface area contributed by atoms with Gasteiger partial charge in [-0.1, -0.05) is 11.3 Å². The van der Waals surface area contributed by atoms with E-state index in [-0.39, 0.29) is 27.6 Å². The smallest absolute Gasteiger partial charge is 0.304 e. The zero-order chi connectivity index (χ0) is 14.9. The molecule has 7 nitrogen and oxygen atoms in total. The van der Waals surface area contributed by atoms with Crippen molar-refractivity contribution in [1.82, 2.24) is 9.71 Å². The summed E-state index contributed by atoms with van der Waals surface area (Å²) in [4.78, 5) is 13.2. The van der Waals surface area contributed by atoms with E-state index in [4.69, 9.17) is 4.42 Å². The summed E-state index contributed by atoms with van der Waals surface area (Å²) in [6.07, 6.45) is 0. The first-order valence-corrected chi connectivity index (χ1v) is 8.07. The van der Waals surface area contributed by atoms with Crippen molar-refractivity contribution >= 4 is 21.4 Å². The van der Waals surface area contributed by atoms with E-state index in [1.807, 2.05) is 0 Å². The zero-order valence-electron chi connectivity index (χ0n) is 10.9. The van der Waals surface area contributed by atoms with Crippen molar-refractivity contribution in [1.29, 1.82) is 0 Å². The molecular weight excluding hydrogens is 304 g/mol. The Hall–Kier alpha value is -1.42. The number of sulfonamides is 1. The van der Waals surface area contributed by atoms with Gasteiger partial charge in [0.1, 0.15) is 16.4 Å². The molecule has 0 fully saturated rings. The van der Waals surface area contributed by atoms with Crippen LogP contribution in [0, 0.1) is 13.8 Å². The molecule has 0 spiro atoms. The lowest BCUT2D eigenvalue weighted by Crippen LogP contribution is -2.25. The number of thiazole rings is 1. The van der Waals surface area contributed by atoms with Crippen LogP contribution in [0.3, 0.4) is 0 Å². The third-order valence-corrected chi connectivity index (χ3v) is 5.09.